The third-order valence-electron chi connectivity index (χ3n) is 7.48. The molecule has 0 bridgehead atoms. The van der Waals surface area contributed by atoms with Crippen LogP contribution < -0.4 is 5.32 Å². The average Bonchev–Trinajstić information content (AvgIpc) is 3.78. The smallest absolute Gasteiger partial charge is 0.335 e. The molecule has 1 saturated carbocycles. The third kappa shape index (κ3) is 5.58. The van der Waals surface area contributed by atoms with Crippen LogP contribution in [0.3, 0.4) is 0 Å². The zero-order valence-corrected chi connectivity index (χ0v) is 22.9. The lowest BCUT2D eigenvalue weighted by molar-refractivity contribution is 0.0696. The molecule has 0 aliphatic heterocycles. The molecular formula is C34H26ClN3O3. The van der Waals surface area contributed by atoms with E-state index in [-0.39, 0.29) is 18.0 Å². The highest BCUT2D eigenvalue weighted by atomic mass is 35.5. The van der Waals surface area contributed by atoms with Crippen LogP contribution in [-0.4, -0.2) is 21.6 Å². The molecule has 1 amide bonds. The number of fused-ring (bicyclic) bond motifs is 1. The van der Waals surface area contributed by atoms with Crippen LogP contribution in [0.5, 0.6) is 0 Å². The van der Waals surface area contributed by atoms with Gasteiger partial charge in [0.05, 0.1) is 17.2 Å². The number of carboxylic acid groups (broad SMARTS) is 1. The maximum atomic E-state index is 13.9. The second-order valence-corrected chi connectivity index (χ2v) is 10.8. The minimum atomic E-state index is -0.992. The van der Waals surface area contributed by atoms with E-state index in [1.165, 1.54) is 12.1 Å². The maximum Gasteiger partial charge on any atom is 0.335 e. The number of halogens is 1. The SMILES string of the molecule is N#Cc1cccc(-c2cc(C(=O)NCc3ccc(C(=O)O)cc3)c3c(Cc4ccc(Cl)cc4)cn(C4CC4)c3c2)c1. The highest BCUT2D eigenvalue weighted by Gasteiger charge is 2.28. The number of carbonyl (C=O) groups excluding carboxylic acids is 1. The van der Waals surface area contributed by atoms with E-state index in [4.69, 9.17) is 11.6 Å². The number of carboxylic acids is 1. The number of aromatic nitrogens is 1. The van der Waals surface area contributed by atoms with E-state index in [0.717, 1.165) is 51.6 Å². The van der Waals surface area contributed by atoms with Gasteiger partial charge in [0, 0.05) is 40.3 Å². The number of benzene rings is 4. The first-order chi connectivity index (χ1) is 19.9. The Hall–Kier alpha value is -4.86. The number of aromatic carboxylic acids is 1. The van der Waals surface area contributed by atoms with E-state index in [0.29, 0.717) is 28.6 Å². The van der Waals surface area contributed by atoms with Crippen molar-refractivity contribution in [3.63, 3.8) is 0 Å². The summed E-state index contributed by atoms with van der Waals surface area (Å²) < 4.78 is 2.29. The van der Waals surface area contributed by atoms with Gasteiger partial charge in [0.25, 0.3) is 5.91 Å². The average molecular weight is 560 g/mol. The van der Waals surface area contributed by atoms with Gasteiger partial charge in [-0.1, -0.05) is 48.0 Å². The number of hydrogen-bond acceptors (Lipinski definition) is 3. The number of hydrogen-bond donors (Lipinski definition) is 2. The van der Waals surface area contributed by atoms with Gasteiger partial charge in [-0.25, -0.2) is 4.79 Å². The predicted octanol–water partition coefficient (Wildman–Crippen LogP) is 7.39. The van der Waals surface area contributed by atoms with Gasteiger partial charge in [-0.2, -0.15) is 5.26 Å². The molecule has 6 rings (SSSR count). The van der Waals surface area contributed by atoms with Crippen molar-refractivity contribution in [2.75, 3.05) is 0 Å². The topological polar surface area (TPSA) is 95.1 Å². The van der Waals surface area contributed by atoms with Crippen LogP contribution >= 0.6 is 11.6 Å². The zero-order chi connectivity index (χ0) is 28.5. The standard InChI is InChI=1S/C34H26ClN3O3/c35-28-10-6-21(7-11-28)14-27-20-38(29-12-13-29)31-17-26(25-3-1-2-23(15-25)18-36)16-30(32(27)31)33(39)37-19-22-4-8-24(9-5-22)34(40)41/h1-11,15-17,20,29H,12-14,19H2,(H,37,39)(H,40,41). The lowest BCUT2D eigenvalue weighted by atomic mass is 9.95. The summed E-state index contributed by atoms with van der Waals surface area (Å²) in [6.45, 7) is 0.254. The molecule has 1 aliphatic rings. The maximum absolute atomic E-state index is 13.9. The largest absolute Gasteiger partial charge is 0.478 e. The van der Waals surface area contributed by atoms with Crippen LogP contribution in [0.1, 0.15) is 61.9 Å². The fourth-order valence-corrected chi connectivity index (χ4v) is 5.36. The summed E-state index contributed by atoms with van der Waals surface area (Å²) in [6.07, 6.45) is 5.00. The molecule has 7 heteroatoms. The summed E-state index contributed by atoms with van der Waals surface area (Å²) in [5.74, 6) is -1.21. The second kappa shape index (κ2) is 11.0. The van der Waals surface area contributed by atoms with Gasteiger partial charge in [-0.05, 0) is 95.6 Å². The summed E-state index contributed by atoms with van der Waals surface area (Å²) in [7, 11) is 0. The molecule has 2 N–H and O–H groups in total. The van der Waals surface area contributed by atoms with Crippen molar-refractivity contribution < 1.29 is 14.7 Å². The summed E-state index contributed by atoms with van der Waals surface area (Å²) in [4.78, 5) is 25.1. The van der Waals surface area contributed by atoms with Gasteiger partial charge in [0.2, 0.25) is 0 Å². The molecule has 0 atom stereocenters. The summed E-state index contributed by atoms with van der Waals surface area (Å²) >= 11 is 6.13. The normalized spacial score (nSPS) is 12.7. The minimum absolute atomic E-state index is 0.197. The molecule has 41 heavy (non-hydrogen) atoms. The van der Waals surface area contributed by atoms with Crippen LogP contribution in [-0.2, 0) is 13.0 Å². The van der Waals surface area contributed by atoms with Crippen molar-refractivity contribution in [3.05, 3.63) is 130 Å². The van der Waals surface area contributed by atoms with Crippen molar-refractivity contribution in [3.8, 4) is 17.2 Å². The lowest BCUT2D eigenvalue weighted by Gasteiger charge is -2.13. The van der Waals surface area contributed by atoms with Crippen molar-refractivity contribution in [2.24, 2.45) is 0 Å². The van der Waals surface area contributed by atoms with Gasteiger partial charge in [-0.15, -0.1) is 0 Å². The second-order valence-electron chi connectivity index (χ2n) is 10.4. The molecule has 1 heterocycles. The third-order valence-corrected chi connectivity index (χ3v) is 7.74. The van der Waals surface area contributed by atoms with E-state index >= 15 is 0 Å². The predicted molar refractivity (Wildman–Crippen MR) is 159 cm³/mol. The Balaban J connectivity index is 1.45. The fourth-order valence-electron chi connectivity index (χ4n) is 5.24. The van der Waals surface area contributed by atoms with E-state index in [1.807, 2.05) is 48.5 Å². The number of nitrogens with one attached hydrogen (secondary N) is 1. The van der Waals surface area contributed by atoms with Crippen molar-refractivity contribution in [2.45, 2.75) is 31.8 Å². The fraction of sp³-hybridized carbons (Fsp3) is 0.147. The Kier molecular flexibility index (Phi) is 7.05. The van der Waals surface area contributed by atoms with Crippen LogP contribution in [0.2, 0.25) is 5.02 Å². The molecule has 1 fully saturated rings. The molecule has 202 valence electrons. The van der Waals surface area contributed by atoms with E-state index in [9.17, 15) is 20.0 Å². The molecule has 0 spiro atoms. The quantitative estimate of drug-likeness (QED) is 0.207. The lowest BCUT2D eigenvalue weighted by Crippen LogP contribution is -2.23. The Morgan fingerprint density at radius 1 is 0.951 bits per heavy atom. The highest BCUT2D eigenvalue weighted by molar-refractivity contribution is 6.30. The van der Waals surface area contributed by atoms with Crippen LogP contribution in [0.15, 0.2) is 91.1 Å². The summed E-state index contributed by atoms with van der Waals surface area (Å²) in [5.41, 5.74) is 6.99. The molecule has 1 aliphatic carbocycles. The van der Waals surface area contributed by atoms with E-state index in [2.05, 4.69) is 28.2 Å². The molecular weight excluding hydrogens is 534 g/mol. The summed E-state index contributed by atoms with van der Waals surface area (Å²) in [6, 6.07) is 28.3. The summed E-state index contributed by atoms with van der Waals surface area (Å²) in [5, 5.41) is 23.3. The minimum Gasteiger partial charge on any atom is -0.478 e. The van der Waals surface area contributed by atoms with E-state index in [1.54, 1.807) is 18.2 Å². The Morgan fingerprint density at radius 2 is 1.68 bits per heavy atom. The first kappa shape index (κ1) is 26.4. The van der Waals surface area contributed by atoms with Crippen LogP contribution in [0, 0.1) is 11.3 Å². The monoisotopic (exact) mass is 559 g/mol. The molecule has 0 saturated heterocycles. The van der Waals surface area contributed by atoms with Gasteiger partial charge < -0.3 is 15.0 Å². The molecule has 4 aromatic carbocycles. The first-order valence-electron chi connectivity index (χ1n) is 13.4. The van der Waals surface area contributed by atoms with Crippen molar-refractivity contribution in [1.82, 2.24) is 9.88 Å². The molecule has 5 aromatic rings. The highest BCUT2D eigenvalue weighted by Crippen LogP contribution is 2.42. The number of carbonyl (C=O) groups is 2. The van der Waals surface area contributed by atoms with Gasteiger partial charge in [-0.3, -0.25) is 4.79 Å². The van der Waals surface area contributed by atoms with Gasteiger partial charge in [0.15, 0.2) is 0 Å². The van der Waals surface area contributed by atoms with Crippen molar-refractivity contribution in [1.29, 1.82) is 5.26 Å². The Bertz CT molecular complexity index is 1830. The Morgan fingerprint density at radius 3 is 2.37 bits per heavy atom. The number of rotatable bonds is 8. The molecule has 0 radical (unpaired) electrons. The Labute approximate surface area is 242 Å². The van der Waals surface area contributed by atoms with Gasteiger partial charge in [0.1, 0.15) is 0 Å². The number of nitrogens with zero attached hydrogens (tertiary/aromatic N) is 2. The van der Waals surface area contributed by atoms with Crippen molar-refractivity contribution >= 4 is 34.4 Å². The van der Waals surface area contributed by atoms with Crippen LogP contribution in [0.25, 0.3) is 22.0 Å². The number of amides is 1. The van der Waals surface area contributed by atoms with E-state index < -0.39 is 5.97 Å². The molecule has 1 aromatic heterocycles. The van der Waals surface area contributed by atoms with Gasteiger partial charge >= 0.3 is 5.97 Å². The number of nitriles is 1. The van der Waals surface area contributed by atoms with Crippen LogP contribution in [0.4, 0.5) is 0 Å². The molecule has 6 nitrogen and oxygen atoms in total. The zero-order valence-electron chi connectivity index (χ0n) is 22.1. The first-order valence-corrected chi connectivity index (χ1v) is 13.8. The molecule has 0 unspecified atom stereocenters.